The van der Waals surface area contributed by atoms with Gasteiger partial charge in [-0.15, -0.1) is 0 Å². The van der Waals surface area contributed by atoms with Crippen molar-refractivity contribution in [2.75, 3.05) is 0 Å². The lowest BCUT2D eigenvalue weighted by Gasteiger charge is -2.29. The molecule has 2 saturated carbocycles. The molecule has 2 aliphatic carbocycles. The van der Waals surface area contributed by atoms with E-state index in [9.17, 15) is 4.79 Å². The second-order valence-electron chi connectivity index (χ2n) is 6.36. The number of urea groups is 1. The minimum atomic E-state index is -0.448. The zero-order valence-corrected chi connectivity index (χ0v) is 12.7. The molecule has 21 heavy (non-hydrogen) atoms. The van der Waals surface area contributed by atoms with Gasteiger partial charge in [0.05, 0.1) is 0 Å². The van der Waals surface area contributed by atoms with Crippen molar-refractivity contribution in [3.8, 4) is 0 Å². The van der Waals surface area contributed by atoms with E-state index in [1.807, 2.05) is 0 Å². The van der Waals surface area contributed by atoms with Gasteiger partial charge in [0.15, 0.2) is 5.82 Å². The molecule has 0 bridgehead atoms. The quantitative estimate of drug-likeness (QED) is 0.897. The highest BCUT2D eigenvalue weighted by atomic mass is 16.5. The average Bonchev–Trinajstić information content (AvgIpc) is 3.10. The van der Waals surface area contributed by atoms with Crippen LogP contribution in [0.3, 0.4) is 0 Å². The fraction of sp³-hybridized carbons (Fsp3) is 0.800. The van der Waals surface area contributed by atoms with Crippen LogP contribution in [0.2, 0.25) is 0 Å². The molecule has 2 amide bonds. The summed E-state index contributed by atoms with van der Waals surface area (Å²) in [5.41, 5.74) is -0.448. The molecular formula is C15H24N4O2. The van der Waals surface area contributed by atoms with Crippen molar-refractivity contribution in [3.63, 3.8) is 0 Å². The molecule has 1 aromatic heterocycles. The number of carbonyl (C=O) groups excluding carboxylic acids is 1. The van der Waals surface area contributed by atoms with E-state index < -0.39 is 5.54 Å². The molecule has 0 unspecified atom stereocenters. The SMILES string of the molecule is Cc1nc(C2(NC(=O)NC3CCCCC3)CCCC2)no1. The number of hydrogen-bond acceptors (Lipinski definition) is 4. The van der Waals surface area contributed by atoms with Crippen molar-refractivity contribution in [1.29, 1.82) is 0 Å². The first-order valence-corrected chi connectivity index (χ1v) is 8.07. The second-order valence-corrected chi connectivity index (χ2v) is 6.36. The first-order chi connectivity index (χ1) is 10.2. The highest BCUT2D eigenvalue weighted by molar-refractivity contribution is 5.75. The number of nitrogens with one attached hydrogen (secondary N) is 2. The summed E-state index contributed by atoms with van der Waals surface area (Å²) in [7, 11) is 0. The first kappa shape index (κ1) is 14.4. The molecule has 2 fully saturated rings. The van der Waals surface area contributed by atoms with Crippen LogP contribution < -0.4 is 10.6 Å². The van der Waals surface area contributed by atoms with Crippen LogP contribution in [0, 0.1) is 6.92 Å². The molecule has 3 rings (SSSR count). The molecule has 6 heteroatoms. The molecule has 0 spiro atoms. The number of nitrogens with zero attached hydrogens (tertiary/aromatic N) is 2. The second kappa shape index (κ2) is 6.03. The summed E-state index contributed by atoms with van der Waals surface area (Å²) in [5, 5.41) is 10.3. The first-order valence-electron chi connectivity index (χ1n) is 8.07. The minimum Gasteiger partial charge on any atom is -0.340 e. The monoisotopic (exact) mass is 292 g/mol. The maximum atomic E-state index is 12.3. The molecule has 6 nitrogen and oxygen atoms in total. The van der Waals surface area contributed by atoms with E-state index >= 15 is 0 Å². The summed E-state index contributed by atoms with van der Waals surface area (Å²) < 4.78 is 5.10. The van der Waals surface area contributed by atoms with E-state index in [4.69, 9.17) is 4.52 Å². The van der Waals surface area contributed by atoms with Crippen LogP contribution in [0.25, 0.3) is 0 Å². The van der Waals surface area contributed by atoms with Gasteiger partial charge in [0.25, 0.3) is 0 Å². The molecule has 0 aromatic carbocycles. The molecule has 1 aromatic rings. The Bertz CT molecular complexity index is 488. The van der Waals surface area contributed by atoms with Gasteiger partial charge in [-0.3, -0.25) is 0 Å². The molecule has 2 N–H and O–H groups in total. The summed E-state index contributed by atoms with van der Waals surface area (Å²) in [6, 6.07) is 0.218. The molecule has 116 valence electrons. The lowest BCUT2D eigenvalue weighted by molar-refractivity contribution is 0.213. The summed E-state index contributed by atoms with van der Waals surface area (Å²) in [6.07, 6.45) is 9.79. The van der Waals surface area contributed by atoms with Gasteiger partial charge >= 0.3 is 6.03 Å². The van der Waals surface area contributed by atoms with E-state index in [1.54, 1.807) is 6.92 Å². The number of carbonyl (C=O) groups is 1. The summed E-state index contributed by atoms with van der Waals surface area (Å²) in [5.74, 6) is 1.17. The predicted molar refractivity (Wildman–Crippen MR) is 77.7 cm³/mol. The summed E-state index contributed by atoms with van der Waals surface area (Å²) in [4.78, 5) is 16.7. The molecule has 0 radical (unpaired) electrons. The maximum absolute atomic E-state index is 12.3. The molecule has 1 heterocycles. The normalized spacial score (nSPS) is 22.1. The molecular weight excluding hydrogens is 268 g/mol. The van der Waals surface area contributed by atoms with Crippen LogP contribution in [-0.2, 0) is 5.54 Å². The fourth-order valence-corrected chi connectivity index (χ4v) is 3.56. The van der Waals surface area contributed by atoms with Crippen molar-refractivity contribution in [3.05, 3.63) is 11.7 Å². The van der Waals surface area contributed by atoms with Crippen LogP contribution in [0.1, 0.15) is 69.5 Å². The standard InChI is InChI=1S/C15H24N4O2/c1-11-16-13(19-21-11)15(9-5-6-10-15)18-14(20)17-12-7-3-2-4-8-12/h12H,2-10H2,1H3,(H2,17,18,20). The smallest absolute Gasteiger partial charge is 0.315 e. The van der Waals surface area contributed by atoms with Gasteiger partial charge in [0.2, 0.25) is 5.89 Å². The van der Waals surface area contributed by atoms with Gasteiger partial charge in [-0.2, -0.15) is 4.98 Å². The van der Waals surface area contributed by atoms with Crippen molar-refractivity contribution >= 4 is 6.03 Å². The van der Waals surface area contributed by atoms with Crippen molar-refractivity contribution in [1.82, 2.24) is 20.8 Å². The highest BCUT2D eigenvalue weighted by Crippen LogP contribution is 2.37. The molecule has 0 saturated heterocycles. The molecule has 0 atom stereocenters. The van der Waals surface area contributed by atoms with Crippen molar-refractivity contribution < 1.29 is 9.32 Å². The molecule has 2 aliphatic rings. The van der Waals surface area contributed by atoms with Gasteiger partial charge in [0.1, 0.15) is 5.54 Å². The lowest BCUT2D eigenvalue weighted by Crippen LogP contribution is -2.51. The average molecular weight is 292 g/mol. The van der Waals surface area contributed by atoms with Crippen molar-refractivity contribution in [2.45, 2.75) is 76.3 Å². The predicted octanol–water partition coefficient (Wildman–Crippen LogP) is 2.78. The van der Waals surface area contributed by atoms with Gasteiger partial charge in [-0.05, 0) is 25.7 Å². The number of aryl methyl sites for hydroxylation is 1. The van der Waals surface area contributed by atoms with E-state index in [0.29, 0.717) is 17.8 Å². The van der Waals surface area contributed by atoms with E-state index in [2.05, 4.69) is 20.8 Å². The Hall–Kier alpha value is -1.59. The minimum absolute atomic E-state index is 0.0914. The third-order valence-corrected chi connectivity index (χ3v) is 4.71. The zero-order chi connectivity index (χ0) is 14.7. The number of aromatic nitrogens is 2. The van der Waals surface area contributed by atoms with E-state index in [-0.39, 0.29) is 6.03 Å². The number of hydrogen-bond donors (Lipinski definition) is 2. The van der Waals surface area contributed by atoms with Gasteiger partial charge < -0.3 is 15.2 Å². The zero-order valence-electron chi connectivity index (χ0n) is 12.7. The lowest BCUT2D eigenvalue weighted by atomic mass is 9.95. The Labute approximate surface area is 125 Å². The van der Waals surface area contributed by atoms with Crippen LogP contribution in [-0.4, -0.2) is 22.2 Å². The van der Waals surface area contributed by atoms with Crippen molar-refractivity contribution in [2.24, 2.45) is 0 Å². The number of rotatable bonds is 3. The Morgan fingerprint density at radius 1 is 1.19 bits per heavy atom. The summed E-state index contributed by atoms with van der Waals surface area (Å²) in [6.45, 7) is 1.78. The van der Waals surface area contributed by atoms with E-state index in [1.165, 1.54) is 19.3 Å². The Balaban J connectivity index is 1.66. The van der Waals surface area contributed by atoms with Crippen LogP contribution in [0.5, 0.6) is 0 Å². The van der Waals surface area contributed by atoms with Gasteiger partial charge in [-0.25, -0.2) is 4.79 Å². The Morgan fingerprint density at radius 2 is 1.90 bits per heavy atom. The fourth-order valence-electron chi connectivity index (χ4n) is 3.56. The van der Waals surface area contributed by atoms with E-state index in [0.717, 1.165) is 38.5 Å². The number of amides is 2. The third-order valence-electron chi connectivity index (χ3n) is 4.71. The Morgan fingerprint density at radius 3 is 2.52 bits per heavy atom. The van der Waals surface area contributed by atoms with Gasteiger partial charge in [0, 0.05) is 13.0 Å². The Kier molecular flexibility index (Phi) is 4.12. The van der Waals surface area contributed by atoms with Crippen LogP contribution in [0.15, 0.2) is 4.52 Å². The highest BCUT2D eigenvalue weighted by Gasteiger charge is 2.41. The topological polar surface area (TPSA) is 80.0 Å². The summed E-state index contributed by atoms with van der Waals surface area (Å²) >= 11 is 0. The van der Waals surface area contributed by atoms with Gasteiger partial charge in [-0.1, -0.05) is 37.3 Å². The molecule has 0 aliphatic heterocycles. The van der Waals surface area contributed by atoms with Crippen LogP contribution in [0.4, 0.5) is 4.79 Å². The maximum Gasteiger partial charge on any atom is 0.315 e. The van der Waals surface area contributed by atoms with Crippen LogP contribution >= 0.6 is 0 Å². The third kappa shape index (κ3) is 3.19. The largest absolute Gasteiger partial charge is 0.340 e.